The van der Waals surface area contributed by atoms with Crippen LogP contribution in [0.15, 0.2) is 24.3 Å². The van der Waals surface area contributed by atoms with Crippen molar-refractivity contribution in [3.63, 3.8) is 0 Å². The maximum absolute atomic E-state index is 13.0. The number of nitrogens with zero attached hydrogens (tertiary/aromatic N) is 1. The van der Waals surface area contributed by atoms with Crippen LogP contribution in [0.3, 0.4) is 0 Å². The highest BCUT2D eigenvalue weighted by molar-refractivity contribution is 6.30. The first kappa shape index (κ1) is 18.7. The quantitative estimate of drug-likeness (QED) is 0.814. The third-order valence-electron chi connectivity index (χ3n) is 4.63. The summed E-state index contributed by atoms with van der Waals surface area (Å²) in [5, 5.41) is 9.73. The predicted octanol–water partition coefficient (Wildman–Crippen LogP) is 3.52. The zero-order valence-corrected chi connectivity index (χ0v) is 14.8. The second-order valence-electron chi connectivity index (χ2n) is 6.20. The fourth-order valence-corrected chi connectivity index (χ4v) is 3.55. The smallest absolute Gasteiger partial charge is 0.304 e. The van der Waals surface area contributed by atoms with Gasteiger partial charge in [0.15, 0.2) is 0 Å². The zero-order valence-electron chi connectivity index (χ0n) is 14.1. The molecule has 1 amide bonds. The first-order valence-corrected chi connectivity index (χ1v) is 8.64. The lowest BCUT2D eigenvalue weighted by atomic mass is 9.85. The van der Waals surface area contributed by atoms with Gasteiger partial charge in [-0.3, -0.25) is 9.59 Å². The monoisotopic (exact) mass is 353 g/mol. The van der Waals surface area contributed by atoms with Crippen LogP contribution in [0.25, 0.3) is 0 Å². The minimum absolute atomic E-state index is 0.0695. The van der Waals surface area contributed by atoms with Crippen LogP contribution in [0.5, 0.6) is 0 Å². The minimum Gasteiger partial charge on any atom is -0.481 e. The van der Waals surface area contributed by atoms with Crippen molar-refractivity contribution in [3.8, 4) is 0 Å². The standard InChI is InChI=1S/C18H24ClNO4/c1-3-15(11-24-2)20-16(12-4-7-14(19)8-5-12)9-6-13(18(20)23)10-17(21)22/h4-5,7-8,13,15-16H,3,6,9-11H2,1-2H3,(H,21,22)/t13-,15+,16+/m1/s1. The van der Waals surface area contributed by atoms with Crippen molar-refractivity contribution >= 4 is 23.5 Å². The SMILES string of the molecule is CC[C@@H](COC)N1C(=O)[C@@H](CC(=O)O)CC[C@H]1c1ccc(Cl)cc1. The Morgan fingerprint density at radius 2 is 2.04 bits per heavy atom. The molecule has 1 fully saturated rings. The molecule has 1 saturated heterocycles. The summed E-state index contributed by atoms with van der Waals surface area (Å²) in [6, 6.07) is 7.37. The summed E-state index contributed by atoms with van der Waals surface area (Å²) in [5.41, 5.74) is 1.02. The molecule has 1 N–H and O–H groups in total. The zero-order chi connectivity index (χ0) is 17.7. The van der Waals surface area contributed by atoms with Gasteiger partial charge in [-0.15, -0.1) is 0 Å². The molecule has 1 aliphatic rings. The summed E-state index contributed by atoms with van der Waals surface area (Å²) in [7, 11) is 1.61. The lowest BCUT2D eigenvalue weighted by Gasteiger charge is -2.43. The van der Waals surface area contributed by atoms with Crippen molar-refractivity contribution in [2.24, 2.45) is 5.92 Å². The predicted molar refractivity (Wildman–Crippen MR) is 92.0 cm³/mol. The molecule has 0 aromatic heterocycles. The van der Waals surface area contributed by atoms with E-state index in [1.165, 1.54) is 0 Å². The van der Waals surface area contributed by atoms with Crippen molar-refractivity contribution in [2.45, 2.75) is 44.7 Å². The van der Waals surface area contributed by atoms with E-state index in [1.54, 1.807) is 7.11 Å². The summed E-state index contributed by atoms with van der Waals surface area (Å²) in [5.74, 6) is -1.48. The molecule has 1 aromatic carbocycles. The Morgan fingerprint density at radius 3 is 2.58 bits per heavy atom. The van der Waals surface area contributed by atoms with Gasteiger partial charge in [0.1, 0.15) is 0 Å². The Bertz CT molecular complexity index is 575. The number of carboxylic acid groups (broad SMARTS) is 1. The van der Waals surface area contributed by atoms with Crippen LogP contribution in [0.4, 0.5) is 0 Å². The summed E-state index contributed by atoms with van der Waals surface area (Å²) in [6.07, 6.45) is 1.96. The summed E-state index contributed by atoms with van der Waals surface area (Å²) < 4.78 is 5.28. The highest BCUT2D eigenvalue weighted by Crippen LogP contribution is 2.38. The van der Waals surface area contributed by atoms with Crippen LogP contribution in [-0.2, 0) is 14.3 Å². The number of carbonyl (C=O) groups is 2. The lowest BCUT2D eigenvalue weighted by molar-refractivity contribution is -0.152. The molecule has 1 aliphatic heterocycles. The maximum atomic E-state index is 13.0. The average molecular weight is 354 g/mol. The molecule has 5 nitrogen and oxygen atoms in total. The molecule has 3 atom stereocenters. The molecule has 2 rings (SSSR count). The van der Waals surface area contributed by atoms with E-state index < -0.39 is 11.9 Å². The van der Waals surface area contributed by atoms with Crippen LogP contribution in [0.2, 0.25) is 5.02 Å². The van der Waals surface area contributed by atoms with Gasteiger partial charge in [-0.2, -0.15) is 0 Å². The summed E-state index contributed by atoms with van der Waals surface area (Å²) in [6.45, 7) is 2.45. The minimum atomic E-state index is -0.932. The van der Waals surface area contributed by atoms with Crippen molar-refractivity contribution in [1.29, 1.82) is 0 Å². The Balaban J connectivity index is 2.32. The number of ether oxygens (including phenoxy) is 1. The molecule has 0 unspecified atom stereocenters. The molecular weight excluding hydrogens is 330 g/mol. The molecule has 6 heteroatoms. The van der Waals surface area contributed by atoms with E-state index in [9.17, 15) is 9.59 Å². The Labute approximate surface area is 147 Å². The van der Waals surface area contributed by atoms with Crippen molar-refractivity contribution in [2.75, 3.05) is 13.7 Å². The number of hydrogen-bond donors (Lipinski definition) is 1. The Hall–Kier alpha value is -1.59. The molecule has 24 heavy (non-hydrogen) atoms. The van der Waals surface area contributed by atoms with Gasteiger partial charge in [0.2, 0.25) is 5.91 Å². The highest BCUT2D eigenvalue weighted by atomic mass is 35.5. The fraction of sp³-hybridized carbons (Fsp3) is 0.556. The number of halogens is 1. The van der Waals surface area contributed by atoms with Gasteiger partial charge >= 0.3 is 5.97 Å². The molecule has 0 saturated carbocycles. The molecule has 0 radical (unpaired) electrons. The van der Waals surface area contributed by atoms with E-state index in [1.807, 2.05) is 36.1 Å². The number of benzene rings is 1. The highest BCUT2D eigenvalue weighted by Gasteiger charge is 2.40. The molecule has 132 valence electrons. The van der Waals surface area contributed by atoms with E-state index in [2.05, 4.69) is 0 Å². The van der Waals surface area contributed by atoms with E-state index >= 15 is 0 Å². The Morgan fingerprint density at radius 1 is 1.38 bits per heavy atom. The Kier molecular flexibility index (Phi) is 6.63. The number of hydrogen-bond acceptors (Lipinski definition) is 3. The van der Waals surface area contributed by atoms with Gasteiger partial charge in [0, 0.05) is 18.1 Å². The second-order valence-corrected chi connectivity index (χ2v) is 6.64. The lowest BCUT2D eigenvalue weighted by Crippen LogP contribution is -2.50. The number of carboxylic acids is 1. The number of methoxy groups -OCH3 is 1. The maximum Gasteiger partial charge on any atom is 0.304 e. The number of rotatable bonds is 7. The first-order valence-electron chi connectivity index (χ1n) is 8.26. The van der Waals surface area contributed by atoms with E-state index in [4.69, 9.17) is 21.4 Å². The topological polar surface area (TPSA) is 66.8 Å². The van der Waals surface area contributed by atoms with E-state index in [-0.39, 0.29) is 24.4 Å². The number of amides is 1. The molecule has 0 spiro atoms. The van der Waals surface area contributed by atoms with Crippen LogP contribution in [0, 0.1) is 5.92 Å². The van der Waals surface area contributed by atoms with Gasteiger partial charge in [0.25, 0.3) is 0 Å². The molecule has 0 aliphatic carbocycles. The second kappa shape index (κ2) is 8.49. The van der Waals surface area contributed by atoms with Crippen LogP contribution >= 0.6 is 11.6 Å². The van der Waals surface area contributed by atoms with E-state index in [0.717, 1.165) is 18.4 Å². The van der Waals surface area contributed by atoms with Crippen molar-refractivity contribution in [3.05, 3.63) is 34.9 Å². The number of piperidine rings is 1. The third kappa shape index (κ3) is 4.28. The summed E-state index contributed by atoms with van der Waals surface area (Å²) >= 11 is 5.97. The van der Waals surface area contributed by atoms with Crippen LogP contribution < -0.4 is 0 Å². The largest absolute Gasteiger partial charge is 0.481 e. The number of aliphatic carboxylic acids is 1. The van der Waals surface area contributed by atoms with Crippen molar-refractivity contribution < 1.29 is 19.4 Å². The van der Waals surface area contributed by atoms with E-state index in [0.29, 0.717) is 18.1 Å². The van der Waals surface area contributed by atoms with Gasteiger partial charge in [-0.05, 0) is 37.0 Å². The average Bonchev–Trinajstić information content (AvgIpc) is 2.55. The van der Waals surface area contributed by atoms with Gasteiger partial charge in [0.05, 0.1) is 25.1 Å². The molecule has 1 heterocycles. The molecular formula is C18H24ClNO4. The fourth-order valence-electron chi connectivity index (χ4n) is 3.42. The van der Waals surface area contributed by atoms with Crippen LogP contribution in [0.1, 0.15) is 44.2 Å². The van der Waals surface area contributed by atoms with Crippen molar-refractivity contribution in [1.82, 2.24) is 4.90 Å². The number of carbonyl (C=O) groups excluding carboxylic acids is 1. The third-order valence-corrected chi connectivity index (χ3v) is 4.88. The summed E-state index contributed by atoms with van der Waals surface area (Å²) in [4.78, 5) is 25.9. The van der Waals surface area contributed by atoms with Gasteiger partial charge in [-0.1, -0.05) is 30.7 Å². The number of likely N-dealkylation sites (tertiary alicyclic amines) is 1. The normalized spacial score (nSPS) is 22.5. The van der Waals surface area contributed by atoms with Crippen LogP contribution in [-0.4, -0.2) is 41.6 Å². The molecule has 1 aromatic rings. The van der Waals surface area contributed by atoms with Gasteiger partial charge in [-0.25, -0.2) is 0 Å². The first-order chi connectivity index (χ1) is 11.5. The molecule has 0 bridgehead atoms. The van der Waals surface area contributed by atoms with Gasteiger partial charge < -0.3 is 14.7 Å².